The molecule has 4 aliphatic rings. The molecular formula is C30H42FN5O3S. The number of amides is 2. The number of nitrogens with one attached hydrogen (secondary N) is 1. The van der Waals surface area contributed by atoms with Crippen LogP contribution in [0.1, 0.15) is 74.3 Å². The molecule has 10 heteroatoms. The summed E-state index contributed by atoms with van der Waals surface area (Å²) in [5.74, 6) is -0.422. The molecule has 5 rings (SSSR count). The Morgan fingerprint density at radius 2 is 1.75 bits per heavy atom. The Labute approximate surface area is 241 Å². The van der Waals surface area contributed by atoms with Crippen molar-refractivity contribution in [2.45, 2.75) is 76.2 Å². The van der Waals surface area contributed by atoms with E-state index >= 15 is 0 Å². The molecule has 40 heavy (non-hydrogen) atoms. The third-order valence-electron chi connectivity index (χ3n) is 9.15. The average Bonchev–Trinajstić information content (AvgIpc) is 3.58. The zero-order valence-corrected chi connectivity index (χ0v) is 24.7. The fourth-order valence-corrected chi connectivity index (χ4v) is 7.65. The van der Waals surface area contributed by atoms with E-state index in [1.54, 1.807) is 37.7 Å². The minimum absolute atomic E-state index is 0.0573. The Morgan fingerprint density at radius 3 is 2.40 bits per heavy atom. The van der Waals surface area contributed by atoms with Crippen LogP contribution in [0.15, 0.2) is 29.3 Å². The maximum Gasteiger partial charge on any atom is 0.252 e. The van der Waals surface area contributed by atoms with E-state index in [1.165, 1.54) is 4.90 Å². The lowest BCUT2D eigenvalue weighted by Gasteiger charge is -2.41. The lowest BCUT2D eigenvalue weighted by atomic mass is 9.79. The summed E-state index contributed by atoms with van der Waals surface area (Å²) in [6.45, 7) is 7.41. The summed E-state index contributed by atoms with van der Waals surface area (Å²) in [6.07, 6.45) is 2.56. The van der Waals surface area contributed by atoms with Crippen LogP contribution in [0.3, 0.4) is 0 Å². The summed E-state index contributed by atoms with van der Waals surface area (Å²) in [5, 5.41) is 4.17. The highest BCUT2D eigenvalue weighted by molar-refractivity contribution is 8.14. The molecule has 218 valence electrons. The molecule has 3 fully saturated rings. The molecule has 2 unspecified atom stereocenters. The highest BCUT2D eigenvalue weighted by atomic mass is 32.2. The van der Waals surface area contributed by atoms with Gasteiger partial charge in [0.1, 0.15) is 11.7 Å². The number of nitrogens with zero attached hydrogens (tertiary/aromatic N) is 4. The predicted molar refractivity (Wildman–Crippen MR) is 156 cm³/mol. The number of aliphatic imine (C=N–C) groups is 1. The first-order valence-electron chi connectivity index (χ1n) is 14.8. The number of hydrogen-bond acceptors (Lipinski definition) is 7. The summed E-state index contributed by atoms with van der Waals surface area (Å²) in [6, 6.07) is 6.80. The number of likely N-dealkylation sites (N-methyl/N-ethyl adjacent to an activating group) is 1. The number of ketones is 1. The number of amidine groups is 1. The van der Waals surface area contributed by atoms with Crippen molar-refractivity contribution >= 4 is 34.5 Å². The van der Waals surface area contributed by atoms with Gasteiger partial charge in [-0.15, -0.1) is 0 Å². The van der Waals surface area contributed by atoms with Crippen LogP contribution in [0.4, 0.5) is 4.39 Å². The van der Waals surface area contributed by atoms with Crippen LogP contribution in [-0.2, 0) is 9.59 Å². The number of rotatable bonds is 6. The van der Waals surface area contributed by atoms with E-state index in [0.29, 0.717) is 18.4 Å². The van der Waals surface area contributed by atoms with Crippen LogP contribution in [0.25, 0.3) is 0 Å². The largest absolute Gasteiger partial charge is 0.349 e. The van der Waals surface area contributed by atoms with Crippen molar-refractivity contribution < 1.29 is 18.8 Å². The van der Waals surface area contributed by atoms with Crippen molar-refractivity contribution in [1.29, 1.82) is 0 Å². The van der Waals surface area contributed by atoms with Gasteiger partial charge in [0.2, 0.25) is 5.91 Å². The van der Waals surface area contributed by atoms with Crippen LogP contribution in [-0.4, -0.2) is 101 Å². The van der Waals surface area contributed by atoms with E-state index in [9.17, 15) is 18.8 Å². The number of alkyl halides is 1. The van der Waals surface area contributed by atoms with Crippen LogP contribution >= 0.6 is 11.8 Å². The standard InChI is InChI=1S/C30H42FN5O3S/c1-4-25(37)26-20(2)23(31)18-36(26)28(39)30(12-6-5-7-13-30)33-27(38)22-10-8-21(9-11-22)24-19-40-29(32-24)35-16-14-34(3)15-17-35/h8-11,20,23-24,26H,4-7,12-19H2,1-3H3,(H,33,38)/t20-,23+,24?,26?/m1/s1. The van der Waals surface area contributed by atoms with E-state index in [2.05, 4.69) is 22.2 Å². The Balaban J connectivity index is 1.29. The molecule has 0 bridgehead atoms. The number of thioether (sulfide) groups is 1. The minimum Gasteiger partial charge on any atom is -0.349 e. The molecule has 3 aliphatic heterocycles. The minimum atomic E-state index is -1.25. The maximum absolute atomic E-state index is 14.8. The molecule has 1 aromatic carbocycles. The van der Waals surface area contributed by atoms with E-state index in [1.807, 2.05) is 12.1 Å². The molecule has 0 aromatic heterocycles. The van der Waals surface area contributed by atoms with Gasteiger partial charge < -0.3 is 20.0 Å². The lowest BCUT2D eigenvalue weighted by molar-refractivity contribution is -0.144. The van der Waals surface area contributed by atoms with Gasteiger partial charge in [-0.3, -0.25) is 19.4 Å². The van der Waals surface area contributed by atoms with Gasteiger partial charge >= 0.3 is 0 Å². The van der Waals surface area contributed by atoms with Crippen LogP contribution in [0.5, 0.6) is 0 Å². The van der Waals surface area contributed by atoms with Gasteiger partial charge in [0.05, 0.1) is 18.6 Å². The zero-order chi connectivity index (χ0) is 28.4. The normalized spacial score (nSPS) is 28.9. The smallest absolute Gasteiger partial charge is 0.252 e. The Kier molecular flexibility index (Phi) is 8.85. The molecule has 0 radical (unpaired) electrons. The zero-order valence-electron chi connectivity index (χ0n) is 23.9. The van der Waals surface area contributed by atoms with Gasteiger partial charge in [0.15, 0.2) is 11.0 Å². The van der Waals surface area contributed by atoms with Gasteiger partial charge in [-0.2, -0.15) is 0 Å². The van der Waals surface area contributed by atoms with Crippen molar-refractivity contribution in [3.8, 4) is 0 Å². The van der Waals surface area contributed by atoms with Crippen molar-refractivity contribution in [3.63, 3.8) is 0 Å². The summed E-state index contributed by atoms with van der Waals surface area (Å²) in [4.78, 5) is 51.3. The van der Waals surface area contributed by atoms with Crippen molar-refractivity contribution in [2.75, 3.05) is 45.5 Å². The maximum atomic E-state index is 14.8. The lowest BCUT2D eigenvalue weighted by Crippen LogP contribution is -2.62. The number of hydrogen-bond donors (Lipinski definition) is 1. The number of carbonyl (C=O) groups excluding carboxylic acids is 3. The third-order valence-corrected chi connectivity index (χ3v) is 10.3. The second-order valence-corrected chi connectivity index (χ2v) is 12.8. The number of piperazine rings is 1. The molecule has 2 amide bonds. The SMILES string of the molecule is CCC(=O)C1[C@H](C)[C@@H](F)CN1C(=O)C1(NC(=O)c2ccc(C3CSC(N4CCN(C)CC4)=N3)cc2)CCCCC1. The number of benzene rings is 1. The Hall–Kier alpha value is -2.46. The van der Waals surface area contributed by atoms with E-state index in [0.717, 1.165) is 61.9 Å². The van der Waals surface area contributed by atoms with E-state index in [4.69, 9.17) is 4.99 Å². The van der Waals surface area contributed by atoms with Gasteiger partial charge in [0.25, 0.3) is 5.91 Å². The van der Waals surface area contributed by atoms with Crippen LogP contribution < -0.4 is 5.32 Å². The molecule has 1 aromatic rings. The van der Waals surface area contributed by atoms with Gasteiger partial charge in [-0.05, 0) is 37.6 Å². The first-order chi connectivity index (χ1) is 19.2. The summed E-state index contributed by atoms with van der Waals surface area (Å²) < 4.78 is 14.8. The molecule has 4 atom stereocenters. The van der Waals surface area contributed by atoms with Crippen molar-refractivity contribution in [2.24, 2.45) is 10.9 Å². The average molecular weight is 572 g/mol. The number of Topliss-reactive ketones (excluding diaryl/α,β-unsaturated/α-hetero) is 1. The topological polar surface area (TPSA) is 85.3 Å². The number of likely N-dealkylation sites (tertiary alicyclic amines) is 1. The highest BCUT2D eigenvalue weighted by Crippen LogP contribution is 2.36. The summed E-state index contributed by atoms with van der Waals surface area (Å²) >= 11 is 1.79. The molecule has 1 N–H and O–H groups in total. The second kappa shape index (κ2) is 12.2. The Morgan fingerprint density at radius 1 is 1.07 bits per heavy atom. The van der Waals surface area contributed by atoms with Gasteiger partial charge in [-0.1, -0.05) is 57.0 Å². The molecule has 8 nitrogen and oxygen atoms in total. The molecule has 0 spiro atoms. The van der Waals surface area contributed by atoms with Gasteiger partial charge in [0, 0.05) is 49.8 Å². The third kappa shape index (κ3) is 5.79. The molecule has 3 heterocycles. The Bertz CT molecular complexity index is 1130. The molecule has 1 aliphatic carbocycles. The molecular weight excluding hydrogens is 529 g/mol. The van der Waals surface area contributed by atoms with E-state index in [-0.39, 0.29) is 36.6 Å². The summed E-state index contributed by atoms with van der Waals surface area (Å²) in [5.41, 5.74) is 0.431. The predicted octanol–water partition coefficient (Wildman–Crippen LogP) is 3.67. The quantitative estimate of drug-likeness (QED) is 0.561. The first-order valence-corrected chi connectivity index (χ1v) is 15.8. The monoisotopic (exact) mass is 571 g/mol. The second-order valence-electron chi connectivity index (χ2n) is 11.8. The first kappa shape index (κ1) is 29.0. The van der Waals surface area contributed by atoms with Crippen molar-refractivity contribution in [1.82, 2.24) is 20.0 Å². The van der Waals surface area contributed by atoms with Gasteiger partial charge in [-0.25, -0.2) is 4.39 Å². The number of carbonyl (C=O) groups is 3. The van der Waals surface area contributed by atoms with Crippen LogP contribution in [0, 0.1) is 5.92 Å². The fraction of sp³-hybridized carbons (Fsp3) is 0.667. The van der Waals surface area contributed by atoms with E-state index < -0.39 is 23.7 Å². The summed E-state index contributed by atoms with van der Waals surface area (Å²) in [7, 11) is 2.14. The fourth-order valence-electron chi connectivity index (χ4n) is 6.51. The molecule has 1 saturated carbocycles. The van der Waals surface area contributed by atoms with Crippen LogP contribution in [0.2, 0.25) is 0 Å². The molecule has 2 saturated heterocycles. The number of halogens is 1. The van der Waals surface area contributed by atoms with Crippen molar-refractivity contribution in [3.05, 3.63) is 35.4 Å². The highest BCUT2D eigenvalue weighted by Gasteiger charge is 2.51.